The zero-order valence-electron chi connectivity index (χ0n) is 13.3. The van der Waals surface area contributed by atoms with Gasteiger partial charge in [-0.05, 0) is 35.4 Å². The molecular formula is C17H15Cl2F3N2O2. The predicted molar refractivity (Wildman–Crippen MR) is 93.1 cm³/mol. The number of urea groups is 1. The fourth-order valence-corrected chi connectivity index (χ4v) is 2.53. The normalized spacial score (nSPS) is 13.8. The summed E-state index contributed by atoms with van der Waals surface area (Å²) in [4.78, 5) is 11.8. The lowest BCUT2D eigenvalue weighted by Gasteiger charge is -2.31. The van der Waals surface area contributed by atoms with Gasteiger partial charge in [0.25, 0.3) is 0 Å². The van der Waals surface area contributed by atoms with E-state index in [1.54, 1.807) is 24.3 Å². The fourth-order valence-electron chi connectivity index (χ4n) is 2.19. The van der Waals surface area contributed by atoms with Crippen molar-refractivity contribution in [2.75, 3.05) is 6.54 Å². The average Bonchev–Trinajstić information content (AvgIpc) is 2.57. The SMILES string of the molecule is O=C(NCc1cccc(Cl)c1)NCC(O)(c1ccc(Cl)cc1)C(F)(F)F. The summed E-state index contributed by atoms with van der Waals surface area (Å²) < 4.78 is 40.1. The van der Waals surface area contributed by atoms with Crippen molar-refractivity contribution in [1.29, 1.82) is 0 Å². The van der Waals surface area contributed by atoms with E-state index in [0.717, 1.165) is 12.1 Å². The molecule has 3 N–H and O–H groups in total. The van der Waals surface area contributed by atoms with Crippen LogP contribution in [-0.4, -0.2) is 23.9 Å². The highest BCUT2D eigenvalue weighted by molar-refractivity contribution is 6.30. The van der Waals surface area contributed by atoms with Crippen LogP contribution in [0.4, 0.5) is 18.0 Å². The van der Waals surface area contributed by atoms with Crippen LogP contribution in [0, 0.1) is 0 Å². The fraction of sp³-hybridized carbons (Fsp3) is 0.235. The monoisotopic (exact) mass is 406 g/mol. The zero-order chi connectivity index (χ0) is 19.4. The van der Waals surface area contributed by atoms with E-state index >= 15 is 0 Å². The summed E-state index contributed by atoms with van der Waals surface area (Å²) in [7, 11) is 0. The van der Waals surface area contributed by atoms with Gasteiger partial charge in [0.05, 0.1) is 6.54 Å². The van der Waals surface area contributed by atoms with Gasteiger partial charge in [0.2, 0.25) is 5.60 Å². The van der Waals surface area contributed by atoms with Crippen molar-refractivity contribution < 1.29 is 23.1 Å². The molecular weight excluding hydrogens is 392 g/mol. The van der Waals surface area contributed by atoms with Crippen LogP contribution < -0.4 is 10.6 Å². The number of rotatable bonds is 5. The number of aliphatic hydroxyl groups is 1. The summed E-state index contributed by atoms with van der Waals surface area (Å²) in [5.74, 6) is 0. The van der Waals surface area contributed by atoms with E-state index in [1.807, 2.05) is 5.32 Å². The smallest absolute Gasteiger partial charge is 0.375 e. The number of nitrogens with one attached hydrogen (secondary N) is 2. The van der Waals surface area contributed by atoms with Crippen LogP contribution in [0.15, 0.2) is 48.5 Å². The molecule has 1 atom stereocenters. The molecule has 0 spiro atoms. The van der Waals surface area contributed by atoms with E-state index < -0.39 is 29.9 Å². The van der Waals surface area contributed by atoms with Gasteiger partial charge in [-0.1, -0.05) is 47.5 Å². The summed E-state index contributed by atoms with van der Waals surface area (Å²) in [5, 5.41) is 15.3. The number of hydrogen-bond donors (Lipinski definition) is 3. The molecule has 2 aromatic carbocycles. The number of alkyl halides is 3. The lowest BCUT2D eigenvalue weighted by atomic mass is 9.93. The van der Waals surface area contributed by atoms with Crippen molar-refractivity contribution in [2.24, 2.45) is 0 Å². The molecule has 0 aliphatic carbocycles. The van der Waals surface area contributed by atoms with Gasteiger partial charge in [0.1, 0.15) is 0 Å². The van der Waals surface area contributed by atoms with Gasteiger partial charge in [0.15, 0.2) is 0 Å². The van der Waals surface area contributed by atoms with Crippen LogP contribution in [0.25, 0.3) is 0 Å². The van der Waals surface area contributed by atoms with Crippen molar-refractivity contribution in [2.45, 2.75) is 18.3 Å². The Kier molecular flexibility index (Phi) is 6.39. The minimum Gasteiger partial charge on any atom is -0.375 e. The van der Waals surface area contributed by atoms with Crippen LogP contribution in [0.1, 0.15) is 11.1 Å². The molecule has 0 aliphatic heterocycles. The zero-order valence-corrected chi connectivity index (χ0v) is 14.8. The van der Waals surface area contributed by atoms with Gasteiger partial charge in [-0.15, -0.1) is 0 Å². The number of carbonyl (C=O) groups excluding carboxylic acids is 1. The molecule has 140 valence electrons. The van der Waals surface area contributed by atoms with Gasteiger partial charge in [-0.25, -0.2) is 4.79 Å². The lowest BCUT2D eigenvalue weighted by Crippen LogP contribution is -2.52. The highest BCUT2D eigenvalue weighted by atomic mass is 35.5. The second-order valence-corrected chi connectivity index (χ2v) is 6.40. The van der Waals surface area contributed by atoms with E-state index in [-0.39, 0.29) is 11.6 Å². The Morgan fingerprint density at radius 3 is 2.23 bits per heavy atom. The van der Waals surface area contributed by atoms with Gasteiger partial charge in [-0.3, -0.25) is 0 Å². The third-order valence-electron chi connectivity index (χ3n) is 3.64. The number of amides is 2. The first-order valence-electron chi connectivity index (χ1n) is 7.43. The largest absolute Gasteiger partial charge is 0.423 e. The summed E-state index contributed by atoms with van der Waals surface area (Å²) in [6, 6.07) is 10.4. The Hall–Kier alpha value is -1.96. The molecule has 0 bridgehead atoms. The Morgan fingerprint density at radius 1 is 1.00 bits per heavy atom. The summed E-state index contributed by atoms with van der Waals surface area (Å²) in [5.41, 5.74) is -2.99. The van der Waals surface area contributed by atoms with Gasteiger partial charge < -0.3 is 15.7 Å². The second-order valence-electron chi connectivity index (χ2n) is 5.53. The maximum Gasteiger partial charge on any atom is 0.423 e. The van der Waals surface area contributed by atoms with Crippen molar-refractivity contribution >= 4 is 29.2 Å². The molecule has 0 saturated carbocycles. The van der Waals surface area contributed by atoms with Crippen molar-refractivity contribution in [3.05, 3.63) is 69.7 Å². The van der Waals surface area contributed by atoms with Crippen LogP contribution in [0.3, 0.4) is 0 Å². The van der Waals surface area contributed by atoms with E-state index in [4.69, 9.17) is 23.2 Å². The Morgan fingerprint density at radius 2 is 1.65 bits per heavy atom. The molecule has 4 nitrogen and oxygen atoms in total. The minimum atomic E-state index is -5.00. The molecule has 2 aromatic rings. The molecule has 9 heteroatoms. The molecule has 0 aliphatic rings. The molecule has 1 unspecified atom stereocenters. The van der Waals surface area contributed by atoms with E-state index in [1.165, 1.54) is 12.1 Å². The number of hydrogen-bond acceptors (Lipinski definition) is 2. The lowest BCUT2D eigenvalue weighted by molar-refractivity contribution is -0.263. The molecule has 2 rings (SSSR count). The highest BCUT2D eigenvalue weighted by Gasteiger charge is 2.55. The number of halogens is 5. The Bertz CT molecular complexity index is 769. The number of carbonyl (C=O) groups is 1. The van der Waals surface area contributed by atoms with Gasteiger partial charge in [0, 0.05) is 16.6 Å². The molecule has 2 amide bonds. The first-order valence-corrected chi connectivity index (χ1v) is 8.19. The molecule has 0 saturated heterocycles. The Balaban J connectivity index is 2.03. The summed E-state index contributed by atoms with van der Waals surface area (Å²) in [6.07, 6.45) is -5.00. The third-order valence-corrected chi connectivity index (χ3v) is 4.12. The predicted octanol–water partition coefficient (Wildman–Crippen LogP) is 4.24. The van der Waals surface area contributed by atoms with Crippen LogP contribution in [0.2, 0.25) is 10.0 Å². The molecule has 26 heavy (non-hydrogen) atoms. The summed E-state index contributed by atoms with van der Waals surface area (Å²) in [6.45, 7) is -0.989. The maximum atomic E-state index is 13.4. The summed E-state index contributed by atoms with van der Waals surface area (Å²) >= 11 is 11.5. The van der Waals surface area contributed by atoms with Gasteiger partial charge in [-0.2, -0.15) is 13.2 Å². The van der Waals surface area contributed by atoms with Crippen LogP contribution in [0.5, 0.6) is 0 Å². The molecule has 0 aromatic heterocycles. The van der Waals surface area contributed by atoms with Gasteiger partial charge >= 0.3 is 12.2 Å². The van der Waals surface area contributed by atoms with Crippen LogP contribution in [-0.2, 0) is 12.1 Å². The highest BCUT2D eigenvalue weighted by Crippen LogP contribution is 2.38. The van der Waals surface area contributed by atoms with Crippen molar-refractivity contribution in [3.63, 3.8) is 0 Å². The maximum absolute atomic E-state index is 13.4. The minimum absolute atomic E-state index is 0.0672. The first-order chi connectivity index (χ1) is 12.1. The first kappa shape index (κ1) is 20.4. The average molecular weight is 407 g/mol. The second kappa shape index (κ2) is 8.16. The Labute approximate surface area is 157 Å². The van der Waals surface area contributed by atoms with Crippen molar-refractivity contribution in [3.8, 4) is 0 Å². The third kappa shape index (κ3) is 5.03. The molecule has 0 heterocycles. The topological polar surface area (TPSA) is 61.4 Å². The number of benzene rings is 2. The van der Waals surface area contributed by atoms with E-state index in [9.17, 15) is 23.1 Å². The van der Waals surface area contributed by atoms with Crippen LogP contribution >= 0.6 is 23.2 Å². The van der Waals surface area contributed by atoms with Crippen molar-refractivity contribution in [1.82, 2.24) is 10.6 Å². The molecule has 0 radical (unpaired) electrons. The quantitative estimate of drug-likeness (QED) is 0.695. The van der Waals surface area contributed by atoms with E-state index in [2.05, 4.69) is 5.32 Å². The standard InChI is InChI=1S/C17H15Cl2F3N2O2/c18-13-6-4-12(5-7-13)16(26,17(20,21)22)10-24-15(25)23-9-11-2-1-3-14(19)8-11/h1-8,26H,9-10H2,(H2,23,24,25). The van der Waals surface area contributed by atoms with E-state index in [0.29, 0.717) is 10.6 Å². The molecule has 0 fully saturated rings.